The van der Waals surface area contributed by atoms with Gasteiger partial charge in [0.15, 0.2) is 11.5 Å². The van der Waals surface area contributed by atoms with Gasteiger partial charge in [-0.25, -0.2) is 0 Å². The van der Waals surface area contributed by atoms with E-state index in [2.05, 4.69) is 10.4 Å². The Hall–Kier alpha value is -3.85. The summed E-state index contributed by atoms with van der Waals surface area (Å²) in [4.78, 5) is 27.9. The van der Waals surface area contributed by atoms with Crippen molar-refractivity contribution < 1.29 is 23.8 Å². The first-order valence-corrected chi connectivity index (χ1v) is 13.1. The number of methoxy groups -OCH3 is 1. The number of hydrogen-bond donors (Lipinski definition) is 1. The summed E-state index contributed by atoms with van der Waals surface area (Å²) in [6, 6.07) is 15.1. The Bertz CT molecular complexity index is 1290. The van der Waals surface area contributed by atoms with Gasteiger partial charge in [0.1, 0.15) is 5.75 Å². The number of ether oxygens (including phenoxy) is 3. The molecule has 5 rings (SSSR count). The first kappa shape index (κ1) is 25.8. The minimum absolute atomic E-state index is 0.0547. The van der Waals surface area contributed by atoms with Gasteiger partial charge in [-0.3, -0.25) is 14.3 Å². The first-order chi connectivity index (χ1) is 18.5. The van der Waals surface area contributed by atoms with Gasteiger partial charge in [-0.1, -0.05) is 18.2 Å². The molecule has 0 spiro atoms. The highest BCUT2D eigenvalue weighted by molar-refractivity contribution is 5.78. The van der Waals surface area contributed by atoms with E-state index in [1.807, 2.05) is 65.0 Å². The van der Waals surface area contributed by atoms with E-state index < -0.39 is 0 Å². The number of nitrogens with zero attached hydrogens (tertiary/aromatic N) is 3. The molecule has 1 saturated heterocycles. The Kier molecular flexibility index (Phi) is 7.93. The smallest absolute Gasteiger partial charge is 0.224 e. The summed E-state index contributed by atoms with van der Waals surface area (Å²) in [5, 5.41) is 7.43. The molecule has 2 aliphatic heterocycles. The average Bonchev–Trinajstić information content (AvgIpc) is 3.34. The van der Waals surface area contributed by atoms with Gasteiger partial charge in [-0.15, -0.1) is 0 Å². The van der Waals surface area contributed by atoms with Crippen molar-refractivity contribution in [2.24, 2.45) is 0 Å². The molecule has 1 aromatic heterocycles. The summed E-state index contributed by atoms with van der Waals surface area (Å²) in [6.45, 7) is 3.89. The lowest BCUT2D eigenvalue weighted by Crippen LogP contribution is -2.57. The topological polar surface area (TPSA) is 94.9 Å². The second-order valence-electron chi connectivity index (χ2n) is 9.83. The van der Waals surface area contributed by atoms with Gasteiger partial charge in [0, 0.05) is 44.4 Å². The number of carbonyl (C=O) groups excluding carboxylic acids is 2. The van der Waals surface area contributed by atoms with Gasteiger partial charge in [0.25, 0.3) is 0 Å². The van der Waals surface area contributed by atoms with Gasteiger partial charge in [0.2, 0.25) is 11.8 Å². The molecule has 0 unspecified atom stereocenters. The molecule has 4 bridgehead atoms. The Morgan fingerprint density at radius 3 is 2.87 bits per heavy atom. The van der Waals surface area contributed by atoms with Gasteiger partial charge in [-0.2, -0.15) is 5.10 Å². The fraction of sp³-hybridized carbons (Fsp3) is 0.414. The van der Waals surface area contributed by atoms with Crippen molar-refractivity contribution in [3.63, 3.8) is 0 Å². The predicted molar refractivity (Wildman–Crippen MR) is 141 cm³/mol. The van der Waals surface area contributed by atoms with Crippen molar-refractivity contribution in [3.05, 3.63) is 71.5 Å². The summed E-state index contributed by atoms with van der Waals surface area (Å²) in [5.41, 5.74) is 2.97. The van der Waals surface area contributed by atoms with E-state index in [4.69, 9.17) is 14.2 Å². The molecule has 2 aromatic carbocycles. The third-order valence-corrected chi connectivity index (χ3v) is 7.17. The lowest BCUT2D eigenvalue weighted by molar-refractivity contribution is -0.137. The third kappa shape index (κ3) is 6.16. The molecule has 3 heterocycles. The van der Waals surface area contributed by atoms with Crippen molar-refractivity contribution in [3.8, 4) is 17.2 Å². The van der Waals surface area contributed by atoms with Crippen LogP contribution in [0.5, 0.6) is 17.2 Å². The van der Waals surface area contributed by atoms with Crippen molar-refractivity contribution in [1.29, 1.82) is 0 Å². The first-order valence-electron chi connectivity index (χ1n) is 13.1. The number of aryl methyl sites for hydroxylation is 3. The zero-order valence-electron chi connectivity index (χ0n) is 21.9. The maximum atomic E-state index is 13.0. The summed E-state index contributed by atoms with van der Waals surface area (Å²) < 4.78 is 19.8. The fourth-order valence-electron chi connectivity index (χ4n) is 5.01. The van der Waals surface area contributed by atoms with Crippen LogP contribution in [-0.2, 0) is 33.9 Å². The molecular formula is C29H34N4O5. The number of rotatable bonds is 4. The monoisotopic (exact) mass is 518 g/mol. The van der Waals surface area contributed by atoms with E-state index in [0.717, 1.165) is 16.8 Å². The predicted octanol–water partition coefficient (Wildman–Crippen LogP) is 3.63. The standard InChI is InChI=1S/C29H34N4O5/c1-20-10-13-30-33(20)15-12-29(35)32-14-11-25-24(18-32)31-28(34)9-7-21-6-8-26(36-2)27(17-21)38-23-5-3-4-22(16-23)19-37-25/h3-6,8,10,13,16-17,24-25H,7,9,11-12,14-15,18-19H2,1-2H3,(H,31,34)/t24-,25+/m0/s1. The largest absolute Gasteiger partial charge is 0.493 e. The molecule has 2 aliphatic rings. The van der Waals surface area contributed by atoms with E-state index in [9.17, 15) is 9.59 Å². The van der Waals surface area contributed by atoms with Crippen LogP contribution in [-0.4, -0.2) is 58.8 Å². The van der Waals surface area contributed by atoms with Crippen LogP contribution in [0.3, 0.4) is 0 Å². The highest BCUT2D eigenvalue weighted by Gasteiger charge is 2.33. The number of fused-ring (bicyclic) bond motifs is 5. The van der Waals surface area contributed by atoms with E-state index in [0.29, 0.717) is 69.2 Å². The van der Waals surface area contributed by atoms with Crippen LogP contribution < -0.4 is 14.8 Å². The molecule has 0 radical (unpaired) electrons. The maximum Gasteiger partial charge on any atom is 0.224 e. The average molecular weight is 519 g/mol. The summed E-state index contributed by atoms with van der Waals surface area (Å²) in [7, 11) is 1.61. The zero-order valence-corrected chi connectivity index (χ0v) is 21.9. The van der Waals surface area contributed by atoms with E-state index in [-0.39, 0.29) is 24.0 Å². The van der Waals surface area contributed by atoms with E-state index in [1.165, 1.54) is 0 Å². The van der Waals surface area contributed by atoms with Crippen molar-refractivity contribution >= 4 is 11.8 Å². The molecule has 1 N–H and O–H groups in total. The molecule has 0 aliphatic carbocycles. The van der Waals surface area contributed by atoms with Crippen LogP contribution >= 0.6 is 0 Å². The second-order valence-corrected chi connectivity index (χ2v) is 9.83. The van der Waals surface area contributed by atoms with Crippen LogP contribution in [0.2, 0.25) is 0 Å². The van der Waals surface area contributed by atoms with Gasteiger partial charge in [-0.05, 0) is 61.2 Å². The summed E-state index contributed by atoms with van der Waals surface area (Å²) >= 11 is 0. The number of nitrogens with one attached hydrogen (secondary N) is 1. The molecule has 200 valence electrons. The lowest BCUT2D eigenvalue weighted by Gasteiger charge is -2.39. The van der Waals surface area contributed by atoms with Crippen LogP contribution in [0.4, 0.5) is 0 Å². The minimum Gasteiger partial charge on any atom is -0.493 e. The number of piperidine rings is 1. The molecule has 2 atom stereocenters. The summed E-state index contributed by atoms with van der Waals surface area (Å²) in [5.74, 6) is 1.90. The number of likely N-dealkylation sites (tertiary alicyclic amines) is 1. The molecule has 1 fully saturated rings. The maximum absolute atomic E-state index is 13.0. The van der Waals surface area contributed by atoms with Crippen molar-refractivity contribution in [2.75, 3.05) is 20.2 Å². The van der Waals surface area contributed by atoms with Crippen LogP contribution in [0.1, 0.15) is 36.1 Å². The number of hydrogen-bond acceptors (Lipinski definition) is 6. The number of aromatic nitrogens is 2. The highest BCUT2D eigenvalue weighted by atomic mass is 16.5. The molecule has 3 aromatic rings. The minimum atomic E-state index is -0.289. The number of amides is 2. The second kappa shape index (κ2) is 11.7. The normalized spacial score (nSPS) is 19.8. The molecule has 9 nitrogen and oxygen atoms in total. The SMILES string of the molecule is COc1ccc2cc1Oc1cccc(c1)CO[C@@H]1CCN(C(=O)CCn3nccc3C)C[C@@H]1NC(=O)CC2. The zero-order chi connectivity index (χ0) is 26.5. The molecule has 38 heavy (non-hydrogen) atoms. The van der Waals surface area contributed by atoms with Gasteiger partial charge < -0.3 is 24.4 Å². The number of benzene rings is 2. The highest BCUT2D eigenvalue weighted by Crippen LogP contribution is 2.33. The van der Waals surface area contributed by atoms with Crippen LogP contribution in [0.25, 0.3) is 0 Å². The van der Waals surface area contributed by atoms with Gasteiger partial charge in [0.05, 0.1) is 25.9 Å². The van der Waals surface area contributed by atoms with Crippen molar-refractivity contribution in [1.82, 2.24) is 20.0 Å². The van der Waals surface area contributed by atoms with E-state index in [1.54, 1.807) is 13.3 Å². The molecule has 2 amide bonds. The van der Waals surface area contributed by atoms with Crippen LogP contribution in [0.15, 0.2) is 54.7 Å². The van der Waals surface area contributed by atoms with Crippen LogP contribution in [0, 0.1) is 6.92 Å². The Morgan fingerprint density at radius 2 is 2.05 bits per heavy atom. The lowest BCUT2D eigenvalue weighted by atomic mass is 10.0. The Morgan fingerprint density at radius 1 is 1.16 bits per heavy atom. The van der Waals surface area contributed by atoms with E-state index >= 15 is 0 Å². The summed E-state index contributed by atoms with van der Waals surface area (Å²) in [6.07, 6.45) is 3.41. The Balaban J connectivity index is 1.32. The fourth-order valence-corrected chi connectivity index (χ4v) is 5.01. The molecule has 0 saturated carbocycles. The quantitative estimate of drug-likeness (QED) is 0.567. The van der Waals surface area contributed by atoms with Crippen molar-refractivity contribution in [2.45, 2.75) is 57.9 Å². The molecule has 9 heteroatoms. The Labute approximate surface area is 222 Å². The number of carbonyl (C=O) groups is 2. The molecular weight excluding hydrogens is 484 g/mol. The third-order valence-electron chi connectivity index (χ3n) is 7.17. The van der Waals surface area contributed by atoms with Gasteiger partial charge >= 0.3 is 0 Å².